The van der Waals surface area contributed by atoms with E-state index in [0.29, 0.717) is 11.5 Å². The van der Waals surface area contributed by atoms with Gasteiger partial charge in [-0.3, -0.25) is 0 Å². The summed E-state index contributed by atoms with van der Waals surface area (Å²) in [5.41, 5.74) is 0.248. The van der Waals surface area contributed by atoms with Crippen LogP contribution >= 0.6 is 0 Å². The van der Waals surface area contributed by atoms with Crippen molar-refractivity contribution in [3.63, 3.8) is 0 Å². The number of hydrogen-bond acceptors (Lipinski definition) is 2. The van der Waals surface area contributed by atoms with Gasteiger partial charge in [0.25, 0.3) is 0 Å². The zero-order valence-corrected chi connectivity index (χ0v) is 5.00. The zero-order valence-electron chi connectivity index (χ0n) is 5.00. The van der Waals surface area contributed by atoms with Crippen LogP contribution in [0.2, 0.25) is 0 Å². The summed E-state index contributed by atoms with van der Waals surface area (Å²) in [5.74, 6) is 0.254. The lowest BCUT2D eigenvalue weighted by Gasteiger charge is -1.84. The molecule has 1 aromatic carbocycles. The number of para-hydroxylation sites is 1. The van der Waals surface area contributed by atoms with E-state index >= 15 is 0 Å². The van der Waals surface area contributed by atoms with Crippen molar-refractivity contribution in [2.24, 2.45) is 0 Å². The lowest BCUT2D eigenvalue weighted by molar-refractivity contribution is 0.0696. The maximum absolute atomic E-state index is 10.4. The van der Waals surface area contributed by atoms with Crippen LogP contribution in [0.3, 0.4) is 0 Å². The molecule has 10 heavy (non-hydrogen) atoms. The van der Waals surface area contributed by atoms with Gasteiger partial charge in [-0.05, 0) is 12.1 Å². The minimum Gasteiger partial charge on any atom is -0.478 e. The average Bonchev–Trinajstić information content (AvgIpc) is 2.63. The highest BCUT2D eigenvalue weighted by Crippen LogP contribution is 2.47. The van der Waals surface area contributed by atoms with Crippen LogP contribution in [0, 0.1) is 0 Å². The van der Waals surface area contributed by atoms with E-state index in [9.17, 15) is 4.79 Å². The molecule has 1 aliphatic rings. The fraction of sp³-hybridized carbons (Fsp3) is 0. The lowest BCUT2D eigenvalue weighted by atomic mass is 10.2. The summed E-state index contributed by atoms with van der Waals surface area (Å²) < 4.78 is 4.85. The predicted octanol–water partition coefficient (Wildman–Crippen LogP) is 1.49. The summed E-state index contributed by atoms with van der Waals surface area (Å²) in [7, 11) is 0. The van der Waals surface area contributed by atoms with Crippen molar-refractivity contribution in [1.29, 1.82) is 0 Å². The molecule has 1 aromatic rings. The highest BCUT2D eigenvalue weighted by atomic mass is 16.6. The van der Waals surface area contributed by atoms with Gasteiger partial charge in [0.2, 0.25) is 0 Å². The van der Waals surface area contributed by atoms with E-state index < -0.39 is 5.97 Å². The number of carboxylic acids is 1. The summed E-state index contributed by atoms with van der Waals surface area (Å²) in [6.45, 7) is 0. The van der Waals surface area contributed by atoms with Gasteiger partial charge in [0, 0.05) is 0 Å². The molecule has 0 bridgehead atoms. The summed E-state index contributed by atoms with van der Waals surface area (Å²) in [5, 5.41) is 8.52. The molecule has 1 N–H and O–H groups in total. The number of aromatic carboxylic acids is 1. The first kappa shape index (κ1) is 5.29. The summed E-state index contributed by atoms with van der Waals surface area (Å²) in [4.78, 5) is 10.4. The third kappa shape index (κ3) is 0.572. The molecule has 0 aliphatic carbocycles. The summed E-state index contributed by atoms with van der Waals surface area (Å²) in [6, 6.07) is 4.92. The fourth-order valence-corrected chi connectivity index (χ4v) is 0.858. The number of fused-ring (bicyclic) bond motifs is 1. The van der Waals surface area contributed by atoms with Gasteiger partial charge in [-0.15, -0.1) is 0 Å². The van der Waals surface area contributed by atoms with Crippen LogP contribution < -0.4 is 4.74 Å². The number of benzene rings is 1. The highest BCUT2D eigenvalue weighted by Gasteiger charge is 2.26. The van der Waals surface area contributed by atoms with Crippen molar-refractivity contribution in [3.05, 3.63) is 23.8 Å². The number of ether oxygens (including phenoxy) is 1. The Bertz CT molecular complexity index is 304. The average molecular weight is 136 g/mol. The molecule has 0 aromatic heterocycles. The monoisotopic (exact) mass is 136 g/mol. The minimum absolute atomic E-state index is 0.248. The Labute approximate surface area is 56.9 Å². The standard InChI is InChI=1S/C7H4O3/c8-7(9)4-2-1-3-5-6(4)10-5/h1-3H,(H,8,9). The fourth-order valence-electron chi connectivity index (χ4n) is 0.858. The zero-order chi connectivity index (χ0) is 7.14. The first-order valence-electron chi connectivity index (χ1n) is 2.83. The molecule has 0 saturated carbocycles. The van der Waals surface area contributed by atoms with Gasteiger partial charge in [-0.2, -0.15) is 0 Å². The Hall–Kier alpha value is -1.51. The van der Waals surface area contributed by atoms with Crippen molar-refractivity contribution in [2.75, 3.05) is 0 Å². The molecular formula is C7H4O3. The van der Waals surface area contributed by atoms with Crippen molar-refractivity contribution in [2.45, 2.75) is 0 Å². The first-order valence-corrected chi connectivity index (χ1v) is 2.83. The normalized spacial score (nSPS) is 11.6. The Balaban J connectivity index is 2.56. The van der Waals surface area contributed by atoms with Crippen molar-refractivity contribution >= 4 is 5.97 Å². The van der Waals surface area contributed by atoms with Crippen molar-refractivity contribution < 1.29 is 14.6 Å². The Kier molecular flexibility index (Phi) is 0.795. The second-order valence-corrected chi connectivity index (χ2v) is 2.04. The molecule has 3 nitrogen and oxygen atoms in total. The van der Waals surface area contributed by atoms with E-state index in [2.05, 4.69) is 0 Å². The largest absolute Gasteiger partial charge is 0.478 e. The molecule has 1 aliphatic heterocycles. The molecule has 0 fully saturated rings. The predicted molar refractivity (Wildman–Crippen MR) is 33.5 cm³/mol. The van der Waals surface area contributed by atoms with Gasteiger partial charge in [-0.25, -0.2) is 4.79 Å². The molecule has 0 saturated heterocycles. The summed E-state index contributed by atoms with van der Waals surface area (Å²) in [6.07, 6.45) is 0. The molecule has 1 heterocycles. The van der Waals surface area contributed by atoms with Crippen molar-refractivity contribution in [1.82, 2.24) is 0 Å². The number of carboxylic acid groups (broad SMARTS) is 1. The highest BCUT2D eigenvalue weighted by molar-refractivity contribution is 5.94. The molecule has 0 spiro atoms. The first-order chi connectivity index (χ1) is 4.79. The van der Waals surface area contributed by atoms with Crippen LogP contribution in [0.1, 0.15) is 10.4 Å². The van der Waals surface area contributed by atoms with E-state index in [0.717, 1.165) is 0 Å². The van der Waals surface area contributed by atoms with Gasteiger partial charge in [0.1, 0.15) is 5.56 Å². The van der Waals surface area contributed by atoms with Gasteiger partial charge < -0.3 is 9.84 Å². The second kappa shape index (κ2) is 1.50. The SMILES string of the molecule is O=C(O)c1cccc2c1O2. The Morgan fingerprint density at radius 1 is 1.50 bits per heavy atom. The maximum Gasteiger partial charge on any atom is 0.339 e. The molecule has 0 amide bonds. The van der Waals surface area contributed by atoms with Crippen LogP contribution in [0.4, 0.5) is 0 Å². The third-order valence-corrected chi connectivity index (χ3v) is 1.38. The molecule has 2 rings (SSSR count). The Morgan fingerprint density at radius 3 is 2.90 bits per heavy atom. The smallest absolute Gasteiger partial charge is 0.339 e. The van der Waals surface area contributed by atoms with Crippen LogP contribution in [0.15, 0.2) is 18.2 Å². The lowest BCUT2D eigenvalue weighted by Crippen LogP contribution is -1.92. The van der Waals surface area contributed by atoms with E-state index in [1.165, 1.54) is 6.07 Å². The Morgan fingerprint density at radius 2 is 2.30 bits per heavy atom. The van der Waals surface area contributed by atoms with Gasteiger partial charge in [-0.1, -0.05) is 6.07 Å². The number of hydrogen-bond donors (Lipinski definition) is 1. The van der Waals surface area contributed by atoms with E-state index in [-0.39, 0.29) is 5.56 Å². The third-order valence-electron chi connectivity index (χ3n) is 1.38. The maximum atomic E-state index is 10.4. The van der Waals surface area contributed by atoms with Gasteiger partial charge in [0.15, 0.2) is 11.5 Å². The van der Waals surface area contributed by atoms with Crippen molar-refractivity contribution in [3.8, 4) is 11.5 Å². The molecule has 0 atom stereocenters. The topological polar surface area (TPSA) is 49.8 Å². The second-order valence-electron chi connectivity index (χ2n) is 2.04. The summed E-state index contributed by atoms with van der Waals surface area (Å²) >= 11 is 0. The van der Waals surface area contributed by atoms with E-state index in [4.69, 9.17) is 9.84 Å². The van der Waals surface area contributed by atoms with Crippen LogP contribution in [0.5, 0.6) is 11.5 Å². The van der Waals surface area contributed by atoms with E-state index in [1.54, 1.807) is 12.1 Å². The molecule has 50 valence electrons. The van der Waals surface area contributed by atoms with Gasteiger partial charge in [0.05, 0.1) is 0 Å². The van der Waals surface area contributed by atoms with Crippen LogP contribution in [0.25, 0.3) is 0 Å². The molecule has 3 heteroatoms. The molecule has 0 unspecified atom stereocenters. The quantitative estimate of drug-likeness (QED) is 0.604. The number of rotatable bonds is 1. The van der Waals surface area contributed by atoms with Gasteiger partial charge >= 0.3 is 5.97 Å². The van der Waals surface area contributed by atoms with E-state index in [1.807, 2.05) is 0 Å². The molecule has 0 radical (unpaired) electrons. The van der Waals surface area contributed by atoms with Crippen LogP contribution in [-0.4, -0.2) is 11.1 Å². The minimum atomic E-state index is -0.936. The number of carbonyl (C=O) groups is 1. The molecular weight excluding hydrogens is 132 g/mol. The van der Waals surface area contributed by atoms with Crippen LogP contribution in [-0.2, 0) is 0 Å².